The molecule has 0 aromatic heterocycles. The van der Waals surface area contributed by atoms with Gasteiger partial charge in [0.05, 0.1) is 11.5 Å². The van der Waals surface area contributed by atoms with Gasteiger partial charge in [0.25, 0.3) is 0 Å². The quantitative estimate of drug-likeness (QED) is 0.680. The highest BCUT2D eigenvalue weighted by atomic mass is 32.2. The third-order valence-electron chi connectivity index (χ3n) is 2.32. The van der Waals surface area contributed by atoms with Gasteiger partial charge in [-0.25, -0.2) is 8.42 Å². The van der Waals surface area contributed by atoms with Crippen molar-refractivity contribution in [1.29, 1.82) is 0 Å². The summed E-state index contributed by atoms with van der Waals surface area (Å²) >= 11 is 0. The summed E-state index contributed by atoms with van der Waals surface area (Å²) in [6, 6.07) is 0. The monoisotopic (exact) mass is 203 g/mol. The van der Waals surface area contributed by atoms with Crippen LogP contribution in [0.2, 0.25) is 0 Å². The minimum absolute atomic E-state index is 0.122. The van der Waals surface area contributed by atoms with Gasteiger partial charge in [0, 0.05) is 0 Å². The van der Waals surface area contributed by atoms with Gasteiger partial charge in [0.1, 0.15) is 0 Å². The molecule has 0 radical (unpaired) electrons. The molecule has 1 N–H and O–H groups in total. The molecule has 1 fully saturated rings. The minimum atomic E-state index is -2.88. The Morgan fingerprint density at radius 2 is 2.00 bits per heavy atom. The molecule has 0 amide bonds. The van der Waals surface area contributed by atoms with Crippen LogP contribution >= 0.6 is 0 Å². The summed E-state index contributed by atoms with van der Waals surface area (Å²) in [6.45, 7) is 5.35. The number of sulfone groups is 1. The zero-order chi connectivity index (χ0) is 9.73. The van der Waals surface area contributed by atoms with E-state index in [9.17, 15) is 8.42 Å². The van der Waals surface area contributed by atoms with Gasteiger partial charge in [-0.3, -0.25) is 0 Å². The van der Waals surface area contributed by atoms with Gasteiger partial charge in [0.15, 0.2) is 9.84 Å². The van der Waals surface area contributed by atoms with Crippen LogP contribution in [0.4, 0.5) is 0 Å². The van der Waals surface area contributed by atoms with E-state index in [0.29, 0.717) is 11.7 Å². The maximum atomic E-state index is 11.4. The Morgan fingerprint density at radius 3 is 2.54 bits per heavy atom. The normalized spacial score (nSPS) is 20.0. The SMILES string of the molecule is C=CCS(=O)(=O)CC1CCNCC1. The second kappa shape index (κ2) is 4.77. The Labute approximate surface area is 80.1 Å². The van der Waals surface area contributed by atoms with Crippen molar-refractivity contribution in [2.45, 2.75) is 12.8 Å². The van der Waals surface area contributed by atoms with E-state index in [1.54, 1.807) is 0 Å². The summed E-state index contributed by atoms with van der Waals surface area (Å²) in [5.41, 5.74) is 0. The van der Waals surface area contributed by atoms with Crippen molar-refractivity contribution in [3.8, 4) is 0 Å². The molecular weight excluding hydrogens is 186 g/mol. The topological polar surface area (TPSA) is 46.2 Å². The van der Waals surface area contributed by atoms with Crippen molar-refractivity contribution in [2.24, 2.45) is 5.92 Å². The van der Waals surface area contributed by atoms with Gasteiger partial charge >= 0.3 is 0 Å². The van der Waals surface area contributed by atoms with Crippen LogP contribution in [-0.4, -0.2) is 33.0 Å². The standard InChI is InChI=1S/C9H17NO2S/c1-2-7-13(11,12)8-9-3-5-10-6-4-9/h2,9-10H,1,3-8H2. The molecule has 0 bridgehead atoms. The fraction of sp³-hybridized carbons (Fsp3) is 0.778. The molecule has 1 saturated heterocycles. The zero-order valence-electron chi connectivity index (χ0n) is 7.83. The van der Waals surface area contributed by atoms with E-state index < -0.39 is 9.84 Å². The summed E-state index contributed by atoms with van der Waals surface area (Å²) in [4.78, 5) is 0. The van der Waals surface area contributed by atoms with Gasteiger partial charge in [-0.2, -0.15) is 0 Å². The van der Waals surface area contributed by atoms with Crippen LogP contribution in [-0.2, 0) is 9.84 Å². The van der Waals surface area contributed by atoms with Crippen molar-refractivity contribution < 1.29 is 8.42 Å². The molecule has 0 atom stereocenters. The van der Waals surface area contributed by atoms with Crippen LogP contribution < -0.4 is 5.32 Å². The van der Waals surface area contributed by atoms with Crippen molar-refractivity contribution in [3.63, 3.8) is 0 Å². The first-order valence-electron chi connectivity index (χ1n) is 4.66. The number of piperidine rings is 1. The summed E-state index contributed by atoms with van der Waals surface area (Å²) in [7, 11) is -2.88. The highest BCUT2D eigenvalue weighted by Crippen LogP contribution is 2.14. The second-order valence-corrected chi connectivity index (χ2v) is 5.71. The Morgan fingerprint density at radius 1 is 1.38 bits per heavy atom. The van der Waals surface area contributed by atoms with Gasteiger partial charge in [-0.15, -0.1) is 6.58 Å². The lowest BCUT2D eigenvalue weighted by molar-refractivity contribution is 0.401. The minimum Gasteiger partial charge on any atom is -0.317 e. The van der Waals surface area contributed by atoms with Gasteiger partial charge in [-0.1, -0.05) is 6.08 Å². The van der Waals surface area contributed by atoms with E-state index in [-0.39, 0.29) is 5.75 Å². The van der Waals surface area contributed by atoms with Gasteiger partial charge in [-0.05, 0) is 31.8 Å². The molecule has 13 heavy (non-hydrogen) atoms. The molecule has 3 nitrogen and oxygen atoms in total. The van der Waals surface area contributed by atoms with E-state index in [1.165, 1.54) is 6.08 Å². The highest BCUT2D eigenvalue weighted by Gasteiger charge is 2.19. The maximum Gasteiger partial charge on any atom is 0.154 e. The Bertz CT molecular complexity index is 253. The molecule has 0 spiro atoms. The first-order valence-corrected chi connectivity index (χ1v) is 6.48. The number of nitrogens with one attached hydrogen (secondary N) is 1. The smallest absolute Gasteiger partial charge is 0.154 e. The van der Waals surface area contributed by atoms with E-state index in [2.05, 4.69) is 11.9 Å². The summed E-state index contributed by atoms with van der Waals surface area (Å²) in [6.07, 6.45) is 3.43. The molecule has 1 rings (SSSR count). The summed E-state index contributed by atoms with van der Waals surface area (Å²) < 4.78 is 22.8. The summed E-state index contributed by atoms with van der Waals surface area (Å²) in [5, 5.41) is 3.22. The van der Waals surface area contributed by atoms with Crippen molar-refractivity contribution in [3.05, 3.63) is 12.7 Å². The summed E-state index contributed by atoms with van der Waals surface area (Å²) in [5.74, 6) is 0.809. The average molecular weight is 203 g/mol. The molecular formula is C9H17NO2S. The lowest BCUT2D eigenvalue weighted by Gasteiger charge is -2.21. The Kier molecular flexibility index (Phi) is 3.93. The molecule has 76 valence electrons. The number of hydrogen-bond acceptors (Lipinski definition) is 3. The van der Waals surface area contributed by atoms with Crippen LogP contribution in [0.25, 0.3) is 0 Å². The van der Waals surface area contributed by atoms with Crippen LogP contribution in [0.5, 0.6) is 0 Å². The second-order valence-electron chi connectivity index (χ2n) is 3.56. The lowest BCUT2D eigenvalue weighted by Crippen LogP contribution is -2.31. The molecule has 0 aliphatic carbocycles. The van der Waals surface area contributed by atoms with Crippen LogP contribution in [0, 0.1) is 5.92 Å². The van der Waals surface area contributed by atoms with Crippen molar-refractivity contribution in [1.82, 2.24) is 5.32 Å². The number of rotatable bonds is 4. The van der Waals surface area contributed by atoms with Crippen LogP contribution in [0.3, 0.4) is 0 Å². The third-order valence-corrected chi connectivity index (χ3v) is 4.04. The van der Waals surface area contributed by atoms with Gasteiger partial charge < -0.3 is 5.32 Å². The van der Waals surface area contributed by atoms with Crippen molar-refractivity contribution in [2.75, 3.05) is 24.6 Å². The lowest BCUT2D eigenvalue weighted by atomic mass is 10.0. The number of hydrogen-bond donors (Lipinski definition) is 1. The molecule has 0 unspecified atom stereocenters. The van der Waals surface area contributed by atoms with Crippen molar-refractivity contribution >= 4 is 9.84 Å². The molecule has 4 heteroatoms. The van der Waals surface area contributed by atoms with Crippen LogP contribution in [0.1, 0.15) is 12.8 Å². The first kappa shape index (κ1) is 10.7. The van der Waals surface area contributed by atoms with Crippen LogP contribution in [0.15, 0.2) is 12.7 Å². The highest BCUT2D eigenvalue weighted by molar-refractivity contribution is 7.91. The first-order chi connectivity index (χ1) is 6.14. The van der Waals surface area contributed by atoms with E-state index in [0.717, 1.165) is 25.9 Å². The molecule has 1 aliphatic heterocycles. The Hall–Kier alpha value is -0.350. The average Bonchev–Trinajstić information content (AvgIpc) is 2.04. The third kappa shape index (κ3) is 3.91. The molecule has 0 saturated carbocycles. The van der Waals surface area contributed by atoms with E-state index >= 15 is 0 Å². The van der Waals surface area contributed by atoms with Gasteiger partial charge in [0.2, 0.25) is 0 Å². The zero-order valence-corrected chi connectivity index (χ0v) is 8.65. The maximum absolute atomic E-state index is 11.4. The van der Waals surface area contributed by atoms with E-state index in [4.69, 9.17) is 0 Å². The predicted octanol–water partition coefficient (Wildman–Crippen LogP) is 0.587. The van der Waals surface area contributed by atoms with E-state index in [1.807, 2.05) is 0 Å². The predicted molar refractivity (Wildman–Crippen MR) is 54.4 cm³/mol. The molecule has 0 aromatic carbocycles. The molecule has 0 aromatic rings. The fourth-order valence-electron chi connectivity index (χ4n) is 1.66. The Balaban J connectivity index is 2.41. The molecule has 1 heterocycles. The molecule has 1 aliphatic rings. The fourth-order valence-corrected chi connectivity index (χ4v) is 3.20. The largest absolute Gasteiger partial charge is 0.317 e.